The lowest BCUT2D eigenvalue weighted by Crippen LogP contribution is -1.93. The van der Waals surface area contributed by atoms with Crippen molar-refractivity contribution in [2.45, 2.75) is 0 Å². The summed E-state index contributed by atoms with van der Waals surface area (Å²) in [6.45, 7) is 0. The number of fused-ring (bicyclic) bond motifs is 20. The third-order valence-electron chi connectivity index (χ3n) is 16.6. The topological polar surface area (TPSA) is 31.6 Å². The number of hydrogen-bond donors (Lipinski definition) is 0. The third kappa shape index (κ3) is 4.77. The Hall–Kier alpha value is -9.97. The van der Waals surface area contributed by atoms with Crippen LogP contribution in [-0.4, -0.2) is 22.9 Å². The quantitative estimate of drug-likeness (QED) is 0.173. The zero-order valence-corrected chi connectivity index (χ0v) is 39.8. The van der Waals surface area contributed by atoms with Crippen molar-refractivity contribution in [3.63, 3.8) is 0 Å². The van der Waals surface area contributed by atoms with Crippen LogP contribution in [0.4, 0.5) is 0 Å². The minimum Gasteiger partial charge on any atom is -0.309 e. The molecule has 0 saturated heterocycles. The molecule has 18 aromatic rings. The fourth-order valence-corrected chi connectivity index (χ4v) is 13.7. The van der Waals surface area contributed by atoms with Gasteiger partial charge in [0.05, 0.1) is 55.8 Å². The van der Waals surface area contributed by atoms with Gasteiger partial charge in [0, 0.05) is 87.1 Å². The fraction of sp³-hybridized carbons (Fsp3) is 0. The van der Waals surface area contributed by atoms with E-state index in [0.717, 1.165) is 22.5 Å². The third-order valence-corrected chi connectivity index (χ3v) is 16.6. The summed E-state index contributed by atoms with van der Waals surface area (Å²) in [5.41, 5.74) is 18.9. The van der Waals surface area contributed by atoms with Crippen molar-refractivity contribution < 1.29 is 0 Å². The van der Waals surface area contributed by atoms with Gasteiger partial charge in [0.2, 0.25) is 0 Å². The Morgan fingerprint density at radius 3 is 1.47 bits per heavy atom. The van der Waals surface area contributed by atoms with E-state index in [1.54, 1.807) is 0 Å². The van der Waals surface area contributed by atoms with Gasteiger partial charge in [0.1, 0.15) is 5.65 Å². The highest BCUT2D eigenvalue weighted by Gasteiger charge is 2.28. The van der Waals surface area contributed by atoms with Crippen LogP contribution in [0.5, 0.6) is 0 Å². The van der Waals surface area contributed by atoms with Crippen molar-refractivity contribution in [2.24, 2.45) is 0 Å². The molecule has 0 N–H and O–H groups in total. The molecule has 0 spiro atoms. The summed E-state index contributed by atoms with van der Waals surface area (Å²) in [5, 5.41) is 17.3. The molecular weight excluding hydrogens is 899 g/mol. The first kappa shape index (κ1) is 38.7. The molecule has 5 heteroatoms. The smallest absolute Gasteiger partial charge is 0.146 e. The second kappa shape index (κ2) is 13.9. The molecule has 5 nitrogen and oxygen atoms in total. The molecule has 0 aliphatic carbocycles. The minimum absolute atomic E-state index is 0.983. The van der Waals surface area contributed by atoms with Crippen molar-refractivity contribution in [3.8, 4) is 33.6 Å². The molecular formula is C69H39N5. The molecule has 340 valence electrons. The summed E-state index contributed by atoms with van der Waals surface area (Å²) in [5.74, 6) is 0. The Morgan fingerprint density at radius 2 is 0.784 bits per heavy atom. The van der Waals surface area contributed by atoms with Crippen molar-refractivity contribution in [1.29, 1.82) is 0 Å². The van der Waals surface area contributed by atoms with Gasteiger partial charge >= 0.3 is 0 Å². The van der Waals surface area contributed by atoms with Crippen LogP contribution < -0.4 is 0 Å². The van der Waals surface area contributed by atoms with Gasteiger partial charge in [-0.15, -0.1) is 0 Å². The van der Waals surface area contributed by atoms with E-state index in [2.05, 4.69) is 255 Å². The second-order valence-electron chi connectivity index (χ2n) is 20.2. The van der Waals surface area contributed by atoms with E-state index < -0.39 is 0 Å². The fourth-order valence-electron chi connectivity index (χ4n) is 13.7. The Bertz CT molecular complexity index is 5420. The molecule has 0 fully saturated rings. The van der Waals surface area contributed by atoms with E-state index in [-0.39, 0.29) is 0 Å². The first-order chi connectivity index (χ1) is 36.8. The molecule has 7 heterocycles. The molecule has 0 bridgehead atoms. The zero-order valence-electron chi connectivity index (χ0n) is 39.8. The molecule has 0 atom stereocenters. The first-order valence-corrected chi connectivity index (χ1v) is 25.5. The van der Waals surface area contributed by atoms with Gasteiger partial charge in [-0.3, -0.25) is 4.40 Å². The van der Waals surface area contributed by atoms with Crippen molar-refractivity contribution >= 4 is 131 Å². The highest BCUT2D eigenvalue weighted by molar-refractivity contribution is 6.36. The van der Waals surface area contributed by atoms with Gasteiger partial charge in [-0.25, -0.2) is 4.98 Å². The van der Waals surface area contributed by atoms with Gasteiger partial charge in [-0.2, -0.15) is 0 Å². The monoisotopic (exact) mass is 937 g/mol. The average molecular weight is 938 g/mol. The van der Waals surface area contributed by atoms with E-state index in [1.165, 1.54) is 142 Å². The number of benzene rings is 11. The van der Waals surface area contributed by atoms with Crippen LogP contribution in [0.3, 0.4) is 0 Å². The van der Waals surface area contributed by atoms with Gasteiger partial charge in [0.25, 0.3) is 0 Å². The van der Waals surface area contributed by atoms with Crippen LogP contribution >= 0.6 is 0 Å². The average Bonchev–Trinajstić information content (AvgIpc) is 4.44. The van der Waals surface area contributed by atoms with Crippen LogP contribution in [0.1, 0.15) is 0 Å². The number of rotatable bonds is 4. The normalized spacial score (nSPS) is 12.6. The van der Waals surface area contributed by atoms with E-state index in [1.807, 2.05) is 0 Å². The first-order valence-electron chi connectivity index (χ1n) is 25.5. The van der Waals surface area contributed by atoms with Crippen LogP contribution in [0, 0.1) is 0 Å². The molecule has 0 unspecified atom stereocenters. The van der Waals surface area contributed by atoms with Crippen molar-refractivity contribution in [1.82, 2.24) is 22.9 Å². The van der Waals surface area contributed by atoms with E-state index in [4.69, 9.17) is 4.98 Å². The standard InChI is InChI=1S/C69H39N5/c1-3-17-43(18-4-1)71-57-30-11-9-22-47(57)54-36-41(32-34-59(54)71)46-24-13-25-49-50-26-14-29-53-64-63-52-28-15-27-51-56-37-40-16-7-8-21-45(40)62(68(56)73(66(51)52)61(63)39-70-69(64)74(65(46)49)67(50)53)42-33-35-60-55(38-42)48-23-10-12-31-58(48)72(60)44-19-5-2-6-20-44/h1-39H. The molecule has 0 aliphatic rings. The summed E-state index contributed by atoms with van der Waals surface area (Å²) in [6, 6.07) is 85.2. The largest absolute Gasteiger partial charge is 0.309 e. The molecule has 7 aromatic heterocycles. The number of aromatic nitrogens is 5. The number of hydrogen-bond acceptors (Lipinski definition) is 1. The summed E-state index contributed by atoms with van der Waals surface area (Å²) in [4.78, 5) is 5.62. The van der Waals surface area contributed by atoms with Crippen molar-refractivity contribution in [3.05, 3.63) is 237 Å². The Morgan fingerprint density at radius 1 is 0.284 bits per heavy atom. The van der Waals surface area contributed by atoms with Gasteiger partial charge in [-0.05, 0) is 88.6 Å². The maximum Gasteiger partial charge on any atom is 0.146 e. The highest BCUT2D eigenvalue weighted by atomic mass is 15.0. The summed E-state index contributed by atoms with van der Waals surface area (Å²) in [6.07, 6.45) is 2.17. The molecule has 74 heavy (non-hydrogen) atoms. The Labute approximate surface area is 421 Å². The zero-order chi connectivity index (χ0) is 47.9. The van der Waals surface area contributed by atoms with E-state index in [0.29, 0.717) is 0 Å². The van der Waals surface area contributed by atoms with Crippen LogP contribution in [-0.2, 0) is 0 Å². The molecule has 0 amide bonds. The molecule has 18 rings (SSSR count). The number of para-hydroxylation sites is 7. The maximum absolute atomic E-state index is 5.62. The van der Waals surface area contributed by atoms with Gasteiger partial charge in [-0.1, -0.05) is 164 Å². The lowest BCUT2D eigenvalue weighted by Gasteiger charge is -2.12. The Balaban J connectivity index is 0.928. The lowest BCUT2D eigenvalue weighted by atomic mass is 9.93. The Kier molecular flexibility index (Phi) is 7.28. The van der Waals surface area contributed by atoms with Crippen molar-refractivity contribution in [2.75, 3.05) is 0 Å². The SMILES string of the molecule is c1ccc(-n2c3ccccc3c3cc(-c4c5ccccc5cc5c6cccc7c8c9c%10cccc%11c%12cccc(-c%13ccc%14c(c%13)c%13ccccc%13n%14-c%13ccccc%13)c%12n(c9ncc8n(c45)c67)c%11%10)ccc32)cc1. The number of pyridine rings is 1. The molecule has 0 radical (unpaired) electrons. The maximum atomic E-state index is 5.62. The predicted octanol–water partition coefficient (Wildman–Crippen LogP) is 18.1. The summed E-state index contributed by atoms with van der Waals surface area (Å²) >= 11 is 0. The predicted molar refractivity (Wildman–Crippen MR) is 311 cm³/mol. The van der Waals surface area contributed by atoms with Crippen LogP contribution in [0.15, 0.2) is 237 Å². The molecule has 11 aromatic carbocycles. The highest BCUT2D eigenvalue weighted by Crippen LogP contribution is 2.50. The molecule has 0 saturated carbocycles. The number of nitrogens with zero attached hydrogens (tertiary/aromatic N) is 5. The van der Waals surface area contributed by atoms with Gasteiger partial charge in [0.15, 0.2) is 0 Å². The lowest BCUT2D eigenvalue weighted by molar-refractivity contribution is 1.18. The molecule has 0 aliphatic heterocycles. The summed E-state index contributed by atoms with van der Waals surface area (Å²) in [7, 11) is 0. The summed E-state index contributed by atoms with van der Waals surface area (Å²) < 4.78 is 9.83. The van der Waals surface area contributed by atoms with E-state index in [9.17, 15) is 0 Å². The second-order valence-corrected chi connectivity index (χ2v) is 20.2. The van der Waals surface area contributed by atoms with Crippen LogP contribution in [0.2, 0.25) is 0 Å². The van der Waals surface area contributed by atoms with Gasteiger partial charge < -0.3 is 13.5 Å². The minimum atomic E-state index is 0.983. The van der Waals surface area contributed by atoms with Crippen LogP contribution in [0.25, 0.3) is 164 Å². The van der Waals surface area contributed by atoms with E-state index >= 15 is 0 Å².